The van der Waals surface area contributed by atoms with Gasteiger partial charge in [-0.2, -0.15) is 0 Å². The van der Waals surface area contributed by atoms with Gasteiger partial charge in [-0.1, -0.05) is 5.11 Å². The predicted molar refractivity (Wildman–Crippen MR) is 48.2 cm³/mol. The highest BCUT2D eigenvalue weighted by Crippen LogP contribution is 2.28. The van der Waals surface area contributed by atoms with E-state index in [1.807, 2.05) is 0 Å². The minimum Gasteiger partial charge on any atom is -0.484 e. The van der Waals surface area contributed by atoms with Gasteiger partial charge in [0.05, 0.1) is 6.54 Å². The van der Waals surface area contributed by atoms with Gasteiger partial charge in [0.2, 0.25) is 0 Å². The molecule has 14 heavy (non-hydrogen) atoms. The highest BCUT2D eigenvalue weighted by molar-refractivity contribution is 5.33. The van der Waals surface area contributed by atoms with E-state index in [9.17, 15) is 0 Å². The van der Waals surface area contributed by atoms with Gasteiger partial charge >= 0.3 is 0 Å². The molecule has 1 aromatic heterocycles. The Morgan fingerprint density at radius 2 is 2.64 bits per heavy atom. The molecule has 6 nitrogen and oxygen atoms in total. The number of pyridine rings is 1. The summed E-state index contributed by atoms with van der Waals surface area (Å²) in [5.74, 6) is 1.08. The number of hydrogen-bond donors (Lipinski definition) is 0. The summed E-state index contributed by atoms with van der Waals surface area (Å²) in [6.45, 7) is 0.643. The zero-order valence-electron chi connectivity index (χ0n) is 7.33. The molecule has 1 aliphatic rings. The van der Waals surface area contributed by atoms with Crippen LogP contribution in [0, 0.1) is 0 Å². The number of azide groups is 1. The molecule has 0 aromatic carbocycles. The molecule has 72 valence electrons. The summed E-state index contributed by atoms with van der Waals surface area (Å²) in [5, 5.41) is 3.42. The lowest BCUT2D eigenvalue weighted by atomic mass is 10.3. The molecular weight excluding hydrogens is 184 g/mol. The number of ether oxygens (including phenoxy) is 2. The molecule has 1 aliphatic heterocycles. The van der Waals surface area contributed by atoms with Crippen molar-refractivity contribution in [1.29, 1.82) is 0 Å². The van der Waals surface area contributed by atoms with Crippen molar-refractivity contribution in [3.8, 4) is 11.6 Å². The SMILES string of the molecule is [N-]=[N+]=NC[C@@H]1COc2cccnc2O1. The van der Waals surface area contributed by atoms with Gasteiger partial charge in [0, 0.05) is 11.1 Å². The maximum atomic E-state index is 8.14. The first-order valence-corrected chi connectivity index (χ1v) is 4.15. The van der Waals surface area contributed by atoms with Crippen LogP contribution in [0.1, 0.15) is 0 Å². The van der Waals surface area contributed by atoms with E-state index in [4.69, 9.17) is 15.0 Å². The first kappa shape index (κ1) is 8.65. The van der Waals surface area contributed by atoms with Gasteiger partial charge in [0.15, 0.2) is 5.75 Å². The fourth-order valence-corrected chi connectivity index (χ4v) is 1.17. The zero-order valence-corrected chi connectivity index (χ0v) is 7.33. The van der Waals surface area contributed by atoms with Crippen LogP contribution in [0.4, 0.5) is 0 Å². The van der Waals surface area contributed by atoms with Crippen molar-refractivity contribution in [1.82, 2.24) is 4.98 Å². The lowest BCUT2D eigenvalue weighted by Gasteiger charge is -2.23. The fraction of sp³-hybridized carbons (Fsp3) is 0.375. The lowest BCUT2D eigenvalue weighted by molar-refractivity contribution is 0.0908. The quantitative estimate of drug-likeness (QED) is 0.405. The van der Waals surface area contributed by atoms with Crippen molar-refractivity contribution >= 4 is 0 Å². The van der Waals surface area contributed by atoms with E-state index in [2.05, 4.69) is 15.0 Å². The molecule has 1 aromatic rings. The molecule has 0 N–H and O–H groups in total. The molecule has 0 saturated carbocycles. The number of nitrogens with zero attached hydrogens (tertiary/aromatic N) is 4. The summed E-state index contributed by atoms with van der Waals surface area (Å²) in [7, 11) is 0. The molecular formula is C8H8N4O2. The Balaban J connectivity index is 2.09. The molecule has 1 atom stereocenters. The third kappa shape index (κ3) is 1.70. The highest BCUT2D eigenvalue weighted by Gasteiger charge is 2.20. The lowest BCUT2D eigenvalue weighted by Crippen LogP contribution is -2.31. The van der Waals surface area contributed by atoms with Crippen LogP contribution in [-0.4, -0.2) is 24.2 Å². The van der Waals surface area contributed by atoms with Crippen LogP contribution in [-0.2, 0) is 0 Å². The number of fused-ring (bicyclic) bond motifs is 1. The van der Waals surface area contributed by atoms with Crippen LogP contribution in [0.3, 0.4) is 0 Å². The van der Waals surface area contributed by atoms with Crippen LogP contribution in [0.15, 0.2) is 23.4 Å². The van der Waals surface area contributed by atoms with Crippen molar-refractivity contribution < 1.29 is 9.47 Å². The van der Waals surface area contributed by atoms with E-state index >= 15 is 0 Å². The maximum absolute atomic E-state index is 8.14. The standard InChI is InChI=1S/C8H8N4O2/c9-12-11-4-6-5-13-7-2-1-3-10-8(7)14-6/h1-3,6H,4-5H2/t6-/m1/s1. The Morgan fingerprint density at radius 1 is 1.71 bits per heavy atom. The molecule has 0 radical (unpaired) electrons. The Labute approximate surface area is 80.1 Å². The number of hydrogen-bond acceptors (Lipinski definition) is 4. The van der Waals surface area contributed by atoms with E-state index in [1.54, 1.807) is 18.3 Å². The first-order valence-electron chi connectivity index (χ1n) is 4.15. The van der Waals surface area contributed by atoms with E-state index < -0.39 is 0 Å². The molecule has 0 unspecified atom stereocenters. The Bertz CT molecular complexity index is 375. The van der Waals surface area contributed by atoms with Gasteiger partial charge < -0.3 is 9.47 Å². The first-order chi connectivity index (χ1) is 6.90. The summed E-state index contributed by atoms with van der Waals surface area (Å²) in [6.07, 6.45) is 1.38. The number of rotatable bonds is 2. The highest BCUT2D eigenvalue weighted by atomic mass is 16.6. The van der Waals surface area contributed by atoms with E-state index in [0.29, 0.717) is 18.2 Å². The van der Waals surface area contributed by atoms with Crippen LogP contribution < -0.4 is 9.47 Å². The normalized spacial score (nSPS) is 18.4. The smallest absolute Gasteiger partial charge is 0.257 e. The molecule has 0 amide bonds. The van der Waals surface area contributed by atoms with E-state index in [1.165, 1.54) is 0 Å². The minimum atomic E-state index is -0.242. The zero-order chi connectivity index (χ0) is 9.80. The average Bonchev–Trinajstić information content (AvgIpc) is 2.26. The van der Waals surface area contributed by atoms with Gasteiger partial charge in [-0.25, -0.2) is 4.98 Å². The van der Waals surface area contributed by atoms with Gasteiger partial charge in [0.25, 0.3) is 5.88 Å². The van der Waals surface area contributed by atoms with Gasteiger partial charge in [0.1, 0.15) is 12.7 Å². The molecule has 0 aliphatic carbocycles. The third-order valence-corrected chi connectivity index (χ3v) is 1.79. The summed E-state index contributed by atoms with van der Waals surface area (Å²) < 4.78 is 10.8. The van der Waals surface area contributed by atoms with Crippen molar-refractivity contribution in [3.05, 3.63) is 28.8 Å². The Hall–Kier alpha value is -1.94. The molecule has 6 heteroatoms. The summed E-state index contributed by atoms with van der Waals surface area (Å²) >= 11 is 0. The average molecular weight is 192 g/mol. The predicted octanol–water partition coefficient (Wildman–Crippen LogP) is 1.53. The van der Waals surface area contributed by atoms with Crippen LogP contribution in [0.5, 0.6) is 11.6 Å². The second kappa shape index (κ2) is 3.85. The van der Waals surface area contributed by atoms with Gasteiger partial charge in [-0.3, -0.25) is 0 Å². The topological polar surface area (TPSA) is 80.1 Å². The van der Waals surface area contributed by atoms with Crippen LogP contribution in [0.2, 0.25) is 0 Å². The molecule has 2 rings (SSSR count). The second-order valence-corrected chi connectivity index (χ2v) is 2.77. The van der Waals surface area contributed by atoms with Crippen molar-refractivity contribution in [2.75, 3.05) is 13.2 Å². The molecule has 0 spiro atoms. The largest absolute Gasteiger partial charge is 0.484 e. The molecule has 2 heterocycles. The van der Waals surface area contributed by atoms with E-state index in [0.717, 1.165) is 0 Å². The Kier molecular flexibility index (Phi) is 2.38. The van der Waals surface area contributed by atoms with Crippen LogP contribution >= 0.6 is 0 Å². The minimum absolute atomic E-state index is 0.242. The van der Waals surface area contributed by atoms with Gasteiger partial charge in [-0.05, 0) is 17.7 Å². The molecule has 0 saturated heterocycles. The van der Waals surface area contributed by atoms with Crippen LogP contribution in [0.25, 0.3) is 10.4 Å². The number of aromatic nitrogens is 1. The van der Waals surface area contributed by atoms with Crippen molar-refractivity contribution in [3.63, 3.8) is 0 Å². The summed E-state index contributed by atoms with van der Waals surface area (Å²) in [6, 6.07) is 3.56. The summed E-state index contributed by atoms with van der Waals surface area (Å²) in [5.41, 5.74) is 8.14. The molecule has 0 bridgehead atoms. The monoisotopic (exact) mass is 192 g/mol. The second-order valence-electron chi connectivity index (χ2n) is 2.77. The maximum Gasteiger partial charge on any atom is 0.257 e. The fourth-order valence-electron chi connectivity index (χ4n) is 1.17. The Morgan fingerprint density at radius 3 is 3.50 bits per heavy atom. The van der Waals surface area contributed by atoms with Gasteiger partial charge in [-0.15, -0.1) is 0 Å². The van der Waals surface area contributed by atoms with E-state index in [-0.39, 0.29) is 12.6 Å². The third-order valence-electron chi connectivity index (χ3n) is 1.79. The van der Waals surface area contributed by atoms with Crippen molar-refractivity contribution in [2.24, 2.45) is 5.11 Å². The summed E-state index contributed by atoms with van der Waals surface area (Å²) in [4.78, 5) is 6.65. The molecule has 0 fully saturated rings. The van der Waals surface area contributed by atoms with Crippen molar-refractivity contribution in [2.45, 2.75) is 6.10 Å².